The van der Waals surface area contributed by atoms with Gasteiger partial charge in [-0.1, -0.05) is 42.5 Å². The van der Waals surface area contributed by atoms with E-state index in [2.05, 4.69) is 5.32 Å². The fourth-order valence-corrected chi connectivity index (χ4v) is 2.46. The van der Waals surface area contributed by atoms with Gasteiger partial charge >= 0.3 is 5.97 Å². The van der Waals surface area contributed by atoms with Crippen LogP contribution < -0.4 is 5.32 Å². The van der Waals surface area contributed by atoms with E-state index in [9.17, 15) is 9.59 Å². The van der Waals surface area contributed by atoms with Crippen molar-refractivity contribution in [1.82, 2.24) is 5.32 Å². The summed E-state index contributed by atoms with van der Waals surface area (Å²) >= 11 is 0. The number of carbonyl (C=O) groups is 2. The lowest BCUT2D eigenvalue weighted by molar-refractivity contribution is -0.143. The first-order chi connectivity index (χ1) is 12.2. The van der Waals surface area contributed by atoms with Crippen LogP contribution in [0.15, 0.2) is 54.6 Å². The fourth-order valence-electron chi connectivity index (χ4n) is 2.46. The molecular formula is C20H20N2O3. The molecule has 0 aliphatic heterocycles. The molecule has 1 amide bonds. The van der Waals surface area contributed by atoms with E-state index in [1.54, 1.807) is 12.1 Å². The zero-order valence-electron chi connectivity index (χ0n) is 14.1. The molecule has 0 aromatic heterocycles. The molecule has 0 fully saturated rings. The van der Waals surface area contributed by atoms with Gasteiger partial charge in [0.25, 0.3) is 5.91 Å². The lowest BCUT2D eigenvalue weighted by Crippen LogP contribution is -2.41. The molecule has 1 atom stereocenters. The molecule has 0 aliphatic rings. The van der Waals surface area contributed by atoms with E-state index in [4.69, 9.17) is 10.00 Å². The molecule has 128 valence electrons. The van der Waals surface area contributed by atoms with Gasteiger partial charge in [-0.25, -0.2) is 4.79 Å². The highest BCUT2D eigenvalue weighted by molar-refractivity contribution is 5.97. The molecule has 0 bridgehead atoms. The van der Waals surface area contributed by atoms with E-state index in [1.165, 1.54) is 7.11 Å². The Bertz CT molecular complexity index is 749. The maximum atomic E-state index is 12.4. The third-order valence-electron chi connectivity index (χ3n) is 3.83. The molecule has 0 saturated carbocycles. The van der Waals surface area contributed by atoms with Crippen LogP contribution >= 0.6 is 0 Å². The van der Waals surface area contributed by atoms with E-state index in [0.717, 1.165) is 11.1 Å². The molecule has 5 heteroatoms. The van der Waals surface area contributed by atoms with E-state index in [0.29, 0.717) is 24.8 Å². The number of nitrogens with one attached hydrogen (secondary N) is 1. The summed E-state index contributed by atoms with van der Waals surface area (Å²) < 4.78 is 4.72. The van der Waals surface area contributed by atoms with Gasteiger partial charge in [0.2, 0.25) is 0 Å². The Labute approximate surface area is 147 Å². The van der Waals surface area contributed by atoms with Gasteiger partial charge in [-0.2, -0.15) is 5.26 Å². The molecule has 0 radical (unpaired) electrons. The molecule has 1 N–H and O–H groups in total. The average Bonchev–Trinajstić information content (AvgIpc) is 2.67. The van der Waals surface area contributed by atoms with Gasteiger partial charge in [0.15, 0.2) is 0 Å². The number of ether oxygens (including phenoxy) is 1. The maximum absolute atomic E-state index is 12.4. The second-order valence-electron chi connectivity index (χ2n) is 5.54. The normalized spacial score (nSPS) is 11.2. The van der Waals surface area contributed by atoms with Crippen LogP contribution in [-0.2, 0) is 9.53 Å². The Morgan fingerprint density at radius 2 is 1.72 bits per heavy atom. The van der Waals surface area contributed by atoms with Gasteiger partial charge in [-0.3, -0.25) is 4.79 Å². The van der Waals surface area contributed by atoms with Crippen molar-refractivity contribution in [2.45, 2.75) is 25.3 Å². The molecule has 25 heavy (non-hydrogen) atoms. The van der Waals surface area contributed by atoms with Crippen molar-refractivity contribution in [3.63, 3.8) is 0 Å². The third kappa shape index (κ3) is 5.18. The summed E-state index contributed by atoms with van der Waals surface area (Å²) in [6.07, 6.45) is 1.21. The number of carbonyl (C=O) groups excluding carboxylic acids is 2. The van der Waals surface area contributed by atoms with Crippen molar-refractivity contribution < 1.29 is 14.3 Å². The van der Waals surface area contributed by atoms with Gasteiger partial charge in [-0.15, -0.1) is 0 Å². The number of amides is 1. The molecule has 2 aromatic carbocycles. The minimum absolute atomic E-state index is 0.329. The molecule has 2 rings (SSSR count). The zero-order valence-corrected chi connectivity index (χ0v) is 14.1. The van der Waals surface area contributed by atoms with Gasteiger partial charge in [0.1, 0.15) is 6.04 Å². The van der Waals surface area contributed by atoms with E-state index < -0.39 is 12.0 Å². The monoisotopic (exact) mass is 336 g/mol. The minimum atomic E-state index is -0.750. The summed E-state index contributed by atoms with van der Waals surface area (Å²) in [6.45, 7) is 0. The summed E-state index contributed by atoms with van der Waals surface area (Å²) in [6, 6.07) is 18.3. The van der Waals surface area contributed by atoms with Crippen LogP contribution in [0.5, 0.6) is 0 Å². The molecule has 0 aliphatic carbocycles. The highest BCUT2D eigenvalue weighted by atomic mass is 16.5. The highest BCUT2D eigenvalue weighted by Crippen LogP contribution is 2.19. The summed E-state index contributed by atoms with van der Waals surface area (Å²) in [5.41, 5.74) is 2.54. The third-order valence-corrected chi connectivity index (χ3v) is 3.83. The van der Waals surface area contributed by atoms with E-state index in [-0.39, 0.29) is 5.91 Å². The Balaban J connectivity index is 2.05. The highest BCUT2D eigenvalue weighted by Gasteiger charge is 2.21. The Morgan fingerprint density at radius 3 is 2.32 bits per heavy atom. The molecule has 0 heterocycles. The first-order valence-corrected chi connectivity index (χ1v) is 8.07. The molecule has 5 nitrogen and oxygen atoms in total. The maximum Gasteiger partial charge on any atom is 0.328 e. The largest absolute Gasteiger partial charge is 0.467 e. The van der Waals surface area contributed by atoms with E-state index in [1.807, 2.05) is 48.5 Å². The van der Waals surface area contributed by atoms with Crippen LogP contribution in [0.2, 0.25) is 0 Å². The molecule has 2 aromatic rings. The van der Waals surface area contributed by atoms with Crippen molar-refractivity contribution >= 4 is 11.9 Å². The number of hydrogen-bond acceptors (Lipinski definition) is 4. The van der Waals surface area contributed by atoms with Crippen LogP contribution in [0.1, 0.15) is 29.6 Å². The first kappa shape index (κ1) is 18.2. The number of nitriles is 1. The van der Waals surface area contributed by atoms with Crippen LogP contribution in [0.4, 0.5) is 0 Å². The molecule has 0 unspecified atom stereocenters. The lowest BCUT2D eigenvalue weighted by atomic mass is 10.0. The number of esters is 1. The Kier molecular flexibility index (Phi) is 6.73. The number of methoxy groups -OCH3 is 1. The smallest absolute Gasteiger partial charge is 0.328 e. The minimum Gasteiger partial charge on any atom is -0.467 e. The Hall–Kier alpha value is -3.13. The van der Waals surface area contributed by atoms with Crippen LogP contribution in [0.3, 0.4) is 0 Å². The van der Waals surface area contributed by atoms with Crippen molar-refractivity contribution in [2.75, 3.05) is 7.11 Å². The predicted molar refractivity (Wildman–Crippen MR) is 94.6 cm³/mol. The van der Waals surface area contributed by atoms with Gasteiger partial charge in [0, 0.05) is 12.0 Å². The second-order valence-corrected chi connectivity index (χ2v) is 5.54. The van der Waals surface area contributed by atoms with Crippen molar-refractivity contribution in [3.8, 4) is 17.2 Å². The number of rotatable bonds is 7. The van der Waals surface area contributed by atoms with Crippen molar-refractivity contribution in [3.05, 3.63) is 60.2 Å². The van der Waals surface area contributed by atoms with Gasteiger partial charge < -0.3 is 10.1 Å². The summed E-state index contributed by atoms with van der Waals surface area (Å²) in [5.74, 6) is -0.848. The number of unbranched alkanes of at least 4 members (excludes halogenated alkanes) is 1. The topological polar surface area (TPSA) is 79.2 Å². The van der Waals surface area contributed by atoms with Crippen LogP contribution in [0.25, 0.3) is 11.1 Å². The fraction of sp³-hybridized carbons (Fsp3) is 0.250. The Morgan fingerprint density at radius 1 is 1.08 bits per heavy atom. The van der Waals surface area contributed by atoms with E-state index >= 15 is 0 Å². The first-order valence-electron chi connectivity index (χ1n) is 8.07. The number of hydrogen-bond donors (Lipinski definition) is 1. The number of benzene rings is 2. The molecular weight excluding hydrogens is 316 g/mol. The van der Waals surface area contributed by atoms with Crippen LogP contribution in [-0.4, -0.2) is 25.0 Å². The average molecular weight is 336 g/mol. The second kappa shape index (κ2) is 9.24. The van der Waals surface area contributed by atoms with Gasteiger partial charge in [0.05, 0.1) is 13.2 Å². The molecule has 0 spiro atoms. The van der Waals surface area contributed by atoms with Crippen molar-refractivity contribution in [2.24, 2.45) is 0 Å². The summed E-state index contributed by atoms with van der Waals surface area (Å²) in [4.78, 5) is 24.2. The SMILES string of the molecule is COC(=O)[C@@H](CCCC#N)NC(=O)c1ccc(-c2ccccc2)cc1. The standard InChI is InChI=1S/C20H20N2O3/c1-25-20(24)18(9-5-6-14-21)22-19(23)17-12-10-16(11-13-17)15-7-3-2-4-8-15/h2-4,7-8,10-13,18H,5-6,9H2,1H3,(H,22,23)/t18-/m1/s1. The summed E-state index contributed by atoms with van der Waals surface area (Å²) in [5, 5.41) is 11.3. The zero-order chi connectivity index (χ0) is 18.1. The lowest BCUT2D eigenvalue weighted by Gasteiger charge is -2.16. The summed E-state index contributed by atoms with van der Waals surface area (Å²) in [7, 11) is 1.28. The number of nitrogens with zero attached hydrogens (tertiary/aromatic N) is 1. The van der Waals surface area contributed by atoms with Gasteiger partial charge in [-0.05, 0) is 36.1 Å². The van der Waals surface area contributed by atoms with Crippen LogP contribution in [0, 0.1) is 11.3 Å². The van der Waals surface area contributed by atoms with Crippen molar-refractivity contribution in [1.29, 1.82) is 5.26 Å². The predicted octanol–water partition coefficient (Wildman–Crippen LogP) is 3.32. The quantitative estimate of drug-likeness (QED) is 0.621. The molecule has 0 saturated heterocycles.